The van der Waals surface area contributed by atoms with Crippen molar-refractivity contribution >= 4 is 36.1 Å². The largest absolute Gasteiger partial charge is 0.508 e. The molecule has 0 spiro atoms. The number of benzene rings is 2. The first-order chi connectivity index (χ1) is 14.4. The summed E-state index contributed by atoms with van der Waals surface area (Å²) in [7, 11) is -1.74. The second-order valence-electron chi connectivity index (χ2n) is 7.28. The summed E-state index contributed by atoms with van der Waals surface area (Å²) in [5.41, 5.74) is 8.79. The summed E-state index contributed by atoms with van der Waals surface area (Å²) in [5, 5.41) is 22.7. The van der Waals surface area contributed by atoms with Crippen LogP contribution in [0.1, 0.15) is 28.4 Å². The number of fused-ring (bicyclic) bond motifs is 1. The van der Waals surface area contributed by atoms with Gasteiger partial charge in [-0.2, -0.15) is 4.98 Å². The standard InChI is InChI=1S/C21H22BN5O3/c1-13-10-16-15(20(23)28)8-5-9-17(16)27(13)21-25-18(22(29)30)11-19(26-21)24-12-14-6-3-2-4-7-14/h2-9,11,13,29-30H,10,12H2,1H3,(H2,23,28)(H,24,25,26). The molecule has 1 unspecified atom stereocenters. The van der Waals surface area contributed by atoms with Crippen molar-refractivity contribution in [1.29, 1.82) is 0 Å². The maximum absolute atomic E-state index is 11.8. The van der Waals surface area contributed by atoms with Gasteiger partial charge in [0.05, 0.1) is 5.59 Å². The number of nitrogens with one attached hydrogen (secondary N) is 1. The molecule has 30 heavy (non-hydrogen) atoms. The molecule has 1 aliphatic heterocycles. The molecule has 4 rings (SSSR count). The maximum Gasteiger partial charge on any atom is 0.508 e. The lowest BCUT2D eigenvalue weighted by Crippen LogP contribution is -2.36. The van der Waals surface area contributed by atoms with Gasteiger partial charge in [-0.1, -0.05) is 36.4 Å². The first kappa shape index (κ1) is 19.9. The zero-order chi connectivity index (χ0) is 21.3. The van der Waals surface area contributed by atoms with Gasteiger partial charge in [-0.25, -0.2) is 4.98 Å². The molecule has 2 heterocycles. The van der Waals surface area contributed by atoms with E-state index in [1.165, 1.54) is 6.07 Å². The van der Waals surface area contributed by atoms with Crippen molar-refractivity contribution in [2.75, 3.05) is 10.2 Å². The number of aromatic nitrogens is 2. The summed E-state index contributed by atoms with van der Waals surface area (Å²) in [6.45, 7) is 2.52. The highest BCUT2D eigenvalue weighted by Crippen LogP contribution is 2.38. The fraction of sp³-hybridized carbons (Fsp3) is 0.190. The van der Waals surface area contributed by atoms with Crippen molar-refractivity contribution in [3.8, 4) is 0 Å². The molecule has 0 radical (unpaired) electrons. The highest BCUT2D eigenvalue weighted by Gasteiger charge is 2.32. The number of nitrogens with zero attached hydrogens (tertiary/aromatic N) is 3. The third kappa shape index (κ3) is 3.85. The van der Waals surface area contributed by atoms with Gasteiger partial charge in [0.2, 0.25) is 11.9 Å². The Kier molecular flexibility index (Phi) is 5.39. The molecule has 9 heteroatoms. The lowest BCUT2D eigenvalue weighted by atomic mass is 9.86. The van der Waals surface area contributed by atoms with Crippen LogP contribution in [0.25, 0.3) is 0 Å². The number of rotatable bonds is 6. The molecule has 1 atom stereocenters. The lowest BCUT2D eigenvalue weighted by molar-refractivity contribution is 0.0999. The number of carbonyl (C=O) groups excluding carboxylic acids is 1. The Morgan fingerprint density at radius 1 is 1.20 bits per heavy atom. The van der Waals surface area contributed by atoms with E-state index in [0.29, 0.717) is 30.3 Å². The molecule has 0 saturated carbocycles. The third-order valence-electron chi connectivity index (χ3n) is 5.15. The Bertz CT molecular complexity index is 1080. The number of carbonyl (C=O) groups is 1. The quantitative estimate of drug-likeness (QED) is 0.452. The minimum absolute atomic E-state index is 0.0337. The highest BCUT2D eigenvalue weighted by atomic mass is 16.4. The first-order valence-corrected chi connectivity index (χ1v) is 9.68. The molecule has 0 fully saturated rings. The molecule has 3 aromatic rings. The SMILES string of the molecule is CC1Cc2c(C(N)=O)cccc2N1c1nc(NCc2ccccc2)cc(B(O)O)n1. The number of hydrogen-bond donors (Lipinski definition) is 4. The van der Waals surface area contributed by atoms with Crippen LogP contribution in [0.15, 0.2) is 54.6 Å². The fourth-order valence-electron chi connectivity index (χ4n) is 3.75. The van der Waals surface area contributed by atoms with Crippen LogP contribution in [0.3, 0.4) is 0 Å². The predicted molar refractivity (Wildman–Crippen MR) is 116 cm³/mol. The molecule has 2 aromatic carbocycles. The van der Waals surface area contributed by atoms with Gasteiger partial charge >= 0.3 is 7.12 Å². The minimum atomic E-state index is -1.74. The first-order valence-electron chi connectivity index (χ1n) is 9.68. The van der Waals surface area contributed by atoms with Crippen molar-refractivity contribution in [2.45, 2.75) is 25.9 Å². The van der Waals surface area contributed by atoms with E-state index < -0.39 is 13.0 Å². The highest BCUT2D eigenvalue weighted by molar-refractivity contribution is 6.57. The third-order valence-corrected chi connectivity index (χ3v) is 5.15. The number of primary amides is 1. The summed E-state index contributed by atoms with van der Waals surface area (Å²) >= 11 is 0. The molecule has 1 aromatic heterocycles. The van der Waals surface area contributed by atoms with E-state index in [4.69, 9.17) is 5.73 Å². The molecule has 0 bridgehead atoms. The van der Waals surface area contributed by atoms with Crippen LogP contribution in [0.2, 0.25) is 0 Å². The molecule has 0 aliphatic carbocycles. The monoisotopic (exact) mass is 403 g/mol. The molecular formula is C21H22BN5O3. The van der Waals surface area contributed by atoms with E-state index in [1.54, 1.807) is 12.1 Å². The molecule has 1 amide bonds. The van der Waals surface area contributed by atoms with E-state index in [2.05, 4.69) is 15.3 Å². The molecule has 0 saturated heterocycles. The van der Waals surface area contributed by atoms with E-state index in [0.717, 1.165) is 16.8 Å². The summed E-state index contributed by atoms with van der Waals surface area (Å²) in [5.74, 6) is 0.314. The number of nitrogens with two attached hydrogens (primary N) is 1. The van der Waals surface area contributed by atoms with Crippen LogP contribution in [-0.4, -0.2) is 39.1 Å². The number of hydrogen-bond acceptors (Lipinski definition) is 7. The molecule has 1 aliphatic rings. The lowest BCUT2D eigenvalue weighted by Gasteiger charge is -2.24. The van der Waals surface area contributed by atoms with E-state index in [1.807, 2.05) is 48.2 Å². The van der Waals surface area contributed by atoms with Crippen molar-refractivity contribution in [3.63, 3.8) is 0 Å². The van der Waals surface area contributed by atoms with Gasteiger partial charge in [-0.05, 0) is 42.7 Å². The Labute approximate surface area is 174 Å². The smallest absolute Gasteiger partial charge is 0.422 e. The van der Waals surface area contributed by atoms with Gasteiger partial charge in [-0.15, -0.1) is 0 Å². The van der Waals surface area contributed by atoms with Gasteiger partial charge in [0, 0.05) is 23.8 Å². The second-order valence-corrected chi connectivity index (χ2v) is 7.28. The van der Waals surface area contributed by atoms with Crippen molar-refractivity contribution in [2.24, 2.45) is 5.73 Å². The number of anilines is 3. The van der Waals surface area contributed by atoms with Crippen LogP contribution in [-0.2, 0) is 13.0 Å². The Hall–Kier alpha value is -3.43. The Morgan fingerprint density at radius 2 is 1.97 bits per heavy atom. The summed E-state index contributed by atoms with van der Waals surface area (Å²) in [4.78, 5) is 22.7. The van der Waals surface area contributed by atoms with Gasteiger partial charge < -0.3 is 26.0 Å². The van der Waals surface area contributed by atoms with Crippen LogP contribution in [0, 0.1) is 0 Å². The van der Waals surface area contributed by atoms with Gasteiger partial charge in [0.15, 0.2) is 0 Å². The van der Waals surface area contributed by atoms with Crippen molar-refractivity contribution in [1.82, 2.24) is 9.97 Å². The van der Waals surface area contributed by atoms with E-state index in [-0.39, 0.29) is 11.6 Å². The molecular weight excluding hydrogens is 381 g/mol. The fourth-order valence-corrected chi connectivity index (χ4v) is 3.75. The van der Waals surface area contributed by atoms with Crippen LogP contribution < -0.4 is 21.5 Å². The van der Waals surface area contributed by atoms with E-state index >= 15 is 0 Å². The average Bonchev–Trinajstić information content (AvgIpc) is 3.08. The summed E-state index contributed by atoms with van der Waals surface area (Å²) in [6.07, 6.45) is 0.608. The van der Waals surface area contributed by atoms with Gasteiger partial charge in [0.25, 0.3) is 0 Å². The zero-order valence-electron chi connectivity index (χ0n) is 16.5. The van der Waals surface area contributed by atoms with Crippen molar-refractivity contribution < 1.29 is 14.8 Å². The Morgan fingerprint density at radius 3 is 2.67 bits per heavy atom. The maximum atomic E-state index is 11.8. The Balaban J connectivity index is 1.71. The zero-order valence-corrected chi connectivity index (χ0v) is 16.5. The van der Waals surface area contributed by atoms with Crippen LogP contribution >= 0.6 is 0 Å². The molecule has 5 N–H and O–H groups in total. The van der Waals surface area contributed by atoms with E-state index in [9.17, 15) is 14.8 Å². The number of amides is 1. The second kappa shape index (κ2) is 8.13. The average molecular weight is 403 g/mol. The molecule has 8 nitrogen and oxygen atoms in total. The van der Waals surface area contributed by atoms with Gasteiger partial charge in [-0.3, -0.25) is 4.79 Å². The minimum Gasteiger partial charge on any atom is -0.422 e. The summed E-state index contributed by atoms with van der Waals surface area (Å²) < 4.78 is 0. The topological polar surface area (TPSA) is 125 Å². The van der Waals surface area contributed by atoms with Crippen molar-refractivity contribution in [3.05, 3.63) is 71.3 Å². The van der Waals surface area contributed by atoms with Crippen LogP contribution in [0.4, 0.5) is 17.5 Å². The van der Waals surface area contributed by atoms with Crippen LogP contribution in [0.5, 0.6) is 0 Å². The molecule has 152 valence electrons. The van der Waals surface area contributed by atoms with Gasteiger partial charge in [0.1, 0.15) is 5.82 Å². The predicted octanol–water partition coefficient (Wildman–Crippen LogP) is 0.950. The summed E-state index contributed by atoms with van der Waals surface area (Å²) in [6, 6.07) is 16.7. The normalized spacial score (nSPS) is 15.0.